The normalized spacial score (nSPS) is 44.8. The molecule has 0 spiro atoms. The predicted octanol–water partition coefficient (Wildman–Crippen LogP) is 2.54. The first-order chi connectivity index (χ1) is 5.13. The van der Waals surface area contributed by atoms with E-state index >= 15 is 0 Å². The Morgan fingerprint density at radius 2 is 1.50 bits per heavy atom. The monoisotopic (exact) mass is 210 g/mol. The molecule has 1 fully saturated rings. The molecular formula is C5H5F6P. The summed E-state index contributed by atoms with van der Waals surface area (Å²) in [5.74, 6) is -9.87. The third-order valence-corrected chi connectivity index (χ3v) is 2.41. The maximum absolute atomic E-state index is 12.6. The molecule has 0 nitrogen and oxygen atoms in total. The Balaban J connectivity index is 3.10. The maximum Gasteiger partial charge on any atom is 0.349 e. The molecule has 0 aliphatic heterocycles. The van der Waals surface area contributed by atoms with Crippen molar-refractivity contribution >= 4 is 9.24 Å². The van der Waals surface area contributed by atoms with Crippen molar-refractivity contribution in [2.24, 2.45) is 0 Å². The number of alkyl halides is 6. The van der Waals surface area contributed by atoms with E-state index in [1.807, 2.05) is 0 Å². The molecule has 0 radical (unpaired) electrons. The van der Waals surface area contributed by atoms with Gasteiger partial charge in [-0.1, -0.05) is 9.24 Å². The minimum Gasteiger partial charge on any atom is -0.240 e. The van der Waals surface area contributed by atoms with E-state index in [1.165, 1.54) is 0 Å². The fraction of sp³-hybridized carbons (Fsp3) is 1.00. The lowest BCUT2D eigenvalue weighted by molar-refractivity contribution is -0.229. The van der Waals surface area contributed by atoms with Crippen LogP contribution in [0.3, 0.4) is 0 Å². The molecule has 0 heterocycles. The average Bonchev–Trinajstić information content (AvgIpc) is 1.92. The van der Waals surface area contributed by atoms with Crippen molar-refractivity contribution in [3.05, 3.63) is 0 Å². The summed E-state index contributed by atoms with van der Waals surface area (Å²) < 4.78 is 74.0. The summed E-state index contributed by atoms with van der Waals surface area (Å²) in [5, 5.41) is -3.55. The van der Waals surface area contributed by atoms with Crippen LogP contribution in [0, 0.1) is 0 Å². The highest BCUT2D eigenvalue weighted by Crippen LogP contribution is 2.59. The lowest BCUT2D eigenvalue weighted by atomic mass is 10.2. The standard InChI is InChI=1S/C5H5F6P/c6-2-1-3(7,12)5(10,11)4(2,8)9/h2H,1,12H2/t2-,3?/m0/s1. The highest BCUT2D eigenvalue weighted by atomic mass is 31.0. The number of hydrogen-bond donors (Lipinski definition) is 0. The first kappa shape index (κ1) is 10.1. The van der Waals surface area contributed by atoms with Crippen LogP contribution in [0.4, 0.5) is 26.3 Å². The summed E-state index contributed by atoms with van der Waals surface area (Å²) in [5.41, 5.74) is 0. The average molecular weight is 210 g/mol. The molecule has 0 saturated heterocycles. The molecule has 0 amide bonds. The molecule has 12 heavy (non-hydrogen) atoms. The molecule has 3 atom stereocenters. The van der Waals surface area contributed by atoms with Crippen LogP contribution in [0.15, 0.2) is 0 Å². The van der Waals surface area contributed by atoms with Crippen LogP contribution >= 0.6 is 9.24 Å². The van der Waals surface area contributed by atoms with Crippen molar-refractivity contribution in [3.8, 4) is 0 Å². The van der Waals surface area contributed by atoms with E-state index in [4.69, 9.17) is 0 Å². The van der Waals surface area contributed by atoms with Gasteiger partial charge in [0.05, 0.1) is 0 Å². The second kappa shape index (κ2) is 2.28. The van der Waals surface area contributed by atoms with Crippen LogP contribution in [-0.2, 0) is 0 Å². The number of rotatable bonds is 0. The quantitative estimate of drug-likeness (QED) is 0.425. The summed E-state index contributed by atoms with van der Waals surface area (Å²) in [7, 11) is 0.929. The van der Waals surface area contributed by atoms with Gasteiger partial charge in [0.25, 0.3) is 0 Å². The van der Waals surface area contributed by atoms with E-state index in [1.54, 1.807) is 0 Å². The summed E-state index contributed by atoms with van der Waals surface area (Å²) in [4.78, 5) is 0. The Kier molecular flexibility index (Phi) is 1.92. The van der Waals surface area contributed by atoms with Gasteiger partial charge in [-0.15, -0.1) is 0 Å². The SMILES string of the molecule is F[C@H]1CC(F)(P)C(F)(F)C1(F)F. The molecule has 0 N–H and O–H groups in total. The van der Waals surface area contributed by atoms with Gasteiger partial charge in [-0.05, 0) is 0 Å². The van der Waals surface area contributed by atoms with E-state index in [9.17, 15) is 26.3 Å². The molecule has 0 aromatic rings. The van der Waals surface area contributed by atoms with E-state index < -0.39 is 29.8 Å². The lowest BCUT2D eigenvalue weighted by Gasteiger charge is -2.25. The zero-order chi connectivity index (χ0) is 9.78. The highest BCUT2D eigenvalue weighted by molar-refractivity contribution is 7.18. The van der Waals surface area contributed by atoms with Gasteiger partial charge in [0.15, 0.2) is 11.6 Å². The zero-order valence-electron chi connectivity index (χ0n) is 5.63. The molecule has 7 heteroatoms. The Morgan fingerprint density at radius 3 is 1.58 bits per heavy atom. The van der Waals surface area contributed by atoms with Gasteiger partial charge in [0.2, 0.25) is 0 Å². The van der Waals surface area contributed by atoms with Crippen LogP contribution < -0.4 is 0 Å². The molecule has 0 aromatic heterocycles. The van der Waals surface area contributed by atoms with Crippen molar-refractivity contribution in [1.82, 2.24) is 0 Å². The molecule has 72 valence electrons. The second-order valence-electron chi connectivity index (χ2n) is 2.73. The molecule has 0 aromatic carbocycles. The van der Waals surface area contributed by atoms with Crippen molar-refractivity contribution in [2.45, 2.75) is 29.8 Å². The second-order valence-corrected chi connectivity index (χ2v) is 3.65. The van der Waals surface area contributed by atoms with Gasteiger partial charge in [0, 0.05) is 6.42 Å². The number of hydrogen-bond acceptors (Lipinski definition) is 0. The topological polar surface area (TPSA) is 0 Å². The maximum atomic E-state index is 12.6. The Bertz CT molecular complexity index is 200. The van der Waals surface area contributed by atoms with Crippen LogP contribution in [-0.4, -0.2) is 23.4 Å². The lowest BCUT2D eigenvalue weighted by Crippen LogP contribution is -2.47. The first-order valence-corrected chi connectivity index (χ1v) is 3.58. The van der Waals surface area contributed by atoms with Gasteiger partial charge in [-0.3, -0.25) is 0 Å². The molecule has 2 unspecified atom stereocenters. The largest absolute Gasteiger partial charge is 0.349 e. The molecule has 1 aliphatic rings. The summed E-state index contributed by atoms with van der Waals surface area (Å²) in [6.45, 7) is 0. The minimum absolute atomic E-state index is 0.929. The summed E-state index contributed by atoms with van der Waals surface area (Å²) in [6.07, 6.45) is -4.63. The van der Waals surface area contributed by atoms with Crippen LogP contribution in [0.5, 0.6) is 0 Å². The smallest absolute Gasteiger partial charge is 0.240 e. The van der Waals surface area contributed by atoms with Crippen molar-refractivity contribution < 1.29 is 26.3 Å². The van der Waals surface area contributed by atoms with Crippen LogP contribution in [0.1, 0.15) is 6.42 Å². The van der Waals surface area contributed by atoms with E-state index in [0.717, 1.165) is 9.24 Å². The number of halogens is 6. The van der Waals surface area contributed by atoms with E-state index in [-0.39, 0.29) is 0 Å². The Hall–Kier alpha value is 0.01000. The third kappa shape index (κ3) is 0.966. The first-order valence-electron chi connectivity index (χ1n) is 3.00. The van der Waals surface area contributed by atoms with E-state index in [2.05, 4.69) is 0 Å². The van der Waals surface area contributed by atoms with Gasteiger partial charge in [-0.2, -0.15) is 17.6 Å². The minimum atomic E-state index is -4.95. The van der Waals surface area contributed by atoms with Crippen molar-refractivity contribution in [3.63, 3.8) is 0 Å². The van der Waals surface area contributed by atoms with Gasteiger partial charge in [-0.25, -0.2) is 8.78 Å². The summed E-state index contributed by atoms with van der Waals surface area (Å²) in [6, 6.07) is 0. The van der Waals surface area contributed by atoms with Gasteiger partial charge >= 0.3 is 11.8 Å². The molecular weight excluding hydrogens is 205 g/mol. The van der Waals surface area contributed by atoms with Crippen molar-refractivity contribution in [1.29, 1.82) is 0 Å². The zero-order valence-corrected chi connectivity index (χ0v) is 6.78. The van der Waals surface area contributed by atoms with Crippen LogP contribution in [0.25, 0.3) is 0 Å². The molecule has 0 bridgehead atoms. The fourth-order valence-electron chi connectivity index (χ4n) is 0.991. The summed E-state index contributed by atoms with van der Waals surface area (Å²) >= 11 is 0. The highest BCUT2D eigenvalue weighted by Gasteiger charge is 2.78. The fourth-order valence-corrected chi connectivity index (χ4v) is 1.39. The Morgan fingerprint density at radius 1 is 1.08 bits per heavy atom. The molecule has 1 aliphatic carbocycles. The Labute approximate surface area is 66.5 Å². The molecule has 1 saturated carbocycles. The predicted molar refractivity (Wildman–Crippen MR) is 33.0 cm³/mol. The van der Waals surface area contributed by atoms with Gasteiger partial charge in [0.1, 0.15) is 0 Å². The molecule has 1 rings (SSSR count). The van der Waals surface area contributed by atoms with Crippen molar-refractivity contribution in [2.75, 3.05) is 0 Å². The third-order valence-electron chi connectivity index (χ3n) is 1.81. The van der Waals surface area contributed by atoms with E-state index in [0.29, 0.717) is 0 Å². The van der Waals surface area contributed by atoms with Gasteiger partial charge < -0.3 is 0 Å². The van der Waals surface area contributed by atoms with Crippen LogP contribution in [0.2, 0.25) is 0 Å².